The normalized spacial score (nSPS) is 14.5. The van der Waals surface area contributed by atoms with Crippen LogP contribution in [0.4, 0.5) is 0 Å². The van der Waals surface area contributed by atoms with Gasteiger partial charge in [0.25, 0.3) is 0 Å². The maximum atomic E-state index is 6.41. The second kappa shape index (κ2) is 7.55. The lowest BCUT2D eigenvalue weighted by Gasteiger charge is -2.30. The summed E-state index contributed by atoms with van der Waals surface area (Å²) in [4.78, 5) is 2.36. The zero-order chi connectivity index (χ0) is 15.2. The predicted molar refractivity (Wildman–Crippen MR) is 89.5 cm³/mol. The Morgan fingerprint density at radius 2 is 1.86 bits per heavy atom. The molecule has 0 heterocycles. The van der Waals surface area contributed by atoms with Gasteiger partial charge in [0, 0.05) is 25.7 Å². The van der Waals surface area contributed by atoms with Gasteiger partial charge in [0.15, 0.2) is 0 Å². The van der Waals surface area contributed by atoms with E-state index in [0.29, 0.717) is 6.04 Å². The highest BCUT2D eigenvalue weighted by Crippen LogP contribution is 2.20. The summed E-state index contributed by atoms with van der Waals surface area (Å²) in [6, 6.07) is 15.3. The monoisotopic (exact) mass is 286 g/mol. The molecule has 0 radical (unpaired) electrons. The van der Waals surface area contributed by atoms with Gasteiger partial charge >= 0.3 is 0 Å². The summed E-state index contributed by atoms with van der Waals surface area (Å²) in [7, 11) is 1.74. The highest BCUT2D eigenvalue weighted by atomic mass is 16.5. The van der Waals surface area contributed by atoms with E-state index in [2.05, 4.69) is 61.2 Å². The minimum absolute atomic E-state index is 0.0221. The highest BCUT2D eigenvalue weighted by Gasteiger charge is 2.16. The molecule has 0 amide bonds. The van der Waals surface area contributed by atoms with Crippen molar-refractivity contribution in [2.75, 3.05) is 26.8 Å². The standard InChI is InChI=1S/C18H26N2O/c1-4-20(14(2)13-21-3)12-18(19)17-10-9-15-7-5-6-8-16(15)11-17/h5-11,14,18H,4,12-13,19H2,1-3H3. The Labute approximate surface area is 127 Å². The maximum absolute atomic E-state index is 6.41. The van der Waals surface area contributed by atoms with Crippen molar-refractivity contribution in [3.63, 3.8) is 0 Å². The molecular formula is C18H26N2O. The van der Waals surface area contributed by atoms with Crippen LogP contribution in [0.25, 0.3) is 10.8 Å². The first-order valence-electron chi connectivity index (χ1n) is 7.63. The third-order valence-corrected chi connectivity index (χ3v) is 4.07. The van der Waals surface area contributed by atoms with Crippen LogP contribution in [0.15, 0.2) is 42.5 Å². The summed E-state index contributed by atoms with van der Waals surface area (Å²) in [5.41, 5.74) is 7.61. The molecule has 21 heavy (non-hydrogen) atoms. The zero-order valence-electron chi connectivity index (χ0n) is 13.3. The van der Waals surface area contributed by atoms with Crippen LogP contribution in [0.3, 0.4) is 0 Å². The lowest BCUT2D eigenvalue weighted by Crippen LogP contribution is -2.40. The summed E-state index contributed by atoms with van der Waals surface area (Å²) in [6.45, 7) is 6.91. The first kappa shape index (κ1) is 16.0. The number of nitrogens with two attached hydrogens (primary N) is 1. The molecule has 0 aliphatic rings. The van der Waals surface area contributed by atoms with Crippen molar-refractivity contribution in [3.05, 3.63) is 48.0 Å². The van der Waals surface area contributed by atoms with E-state index in [-0.39, 0.29) is 6.04 Å². The highest BCUT2D eigenvalue weighted by molar-refractivity contribution is 5.83. The van der Waals surface area contributed by atoms with Gasteiger partial charge in [0.05, 0.1) is 6.61 Å². The summed E-state index contributed by atoms with van der Waals surface area (Å²) in [5, 5.41) is 2.51. The third-order valence-electron chi connectivity index (χ3n) is 4.07. The van der Waals surface area contributed by atoms with E-state index in [1.54, 1.807) is 7.11 Å². The summed E-state index contributed by atoms with van der Waals surface area (Å²) >= 11 is 0. The average molecular weight is 286 g/mol. The van der Waals surface area contributed by atoms with Gasteiger partial charge in [-0.2, -0.15) is 0 Å². The molecule has 2 atom stereocenters. The van der Waals surface area contributed by atoms with Gasteiger partial charge in [-0.15, -0.1) is 0 Å². The van der Waals surface area contributed by atoms with E-state index in [1.165, 1.54) is 16.3 Å². The summed E-state index contributed by atoms with van der Waals surface area (Å²) in [6.07, 6.45) is 0. The number of benzene rings is 2. The lowest BCUT2D eigenvalue weighted by molar-refractivity contribution is 0.0986. The van der Waals surface area contributed by atoms with Crippen molar-refractivity contribution >= 4 is 10.8 Å². The molecule has 0 saturated heterocycles. The van der Waals surface area contributed by atoms with Crippen LogP contribution in [0.5, 0.6) is 0 Å². The quantitative estimate of drug-likeness (QED) is 0.849. The number of likely N-dealkylation sites (N-methyl/N-ethyl adjacent to an activating group) is 1. The SMILES string of the molecule is CCN(CC(N)c1ccc2ccccc2c1)C(C)COC. The van der Waals surface area contributed by atoms with E-state index in [9.17, 15) is 0 Å². The molecule has 2 unspecified atom stereocenters. The Hall–Kier alpha value is -1.42. The van der Waals surface area contributed by atoms with Crippen molar-refractivity contribution in [3.8, 4) is 0 Å². The van der Waals surface area contributed by atoms with Crippen LogP contribution in [0, 0.1) is 0 Å². The number of rotatable bonds is 7. The van der Waals surface area contributed by atoms with Gasteiger partial charge in [0.1, 0.15) is 0 Å². The van der Waals surface area contributed by atoms with E-state index in [4.69, 9.17) is 10.5 Å². The van der Waals surface area contributed by atoms with Crippen molar-refractivity contribution in [2.45, 2.75) is 25.9 Å². The molecule has 114 valence electrons. The average Bonchev–Trinajstić information content (AvgIpc) is 2.52. The number of hydrogen-bond donors (Lipinski definition) is 1. The van der Waals surface area contributed by atoms with Crippen LogP contribution >= 0.6 is 0 Å². The molecule has 0 aliphatic heterocycles. The van der Waals surface area contributed by atoms with Crippen LogP contribution in [-0.2, 0) is 4.74 Å². The second-order valence-corrected chi connectivity index (χ2v) is 5.61. The van der Waals surface area contributed by atoms with Crippen LogP contribution in [0.1, 0.15) is 25.5 Å². The van der Waals surface area contributed by atoms with Crippen LogP contribution in [0.2, 0.25) is 0 Å². The fourth-order valence-corrected chi connectivity index (χ4v) is 2.76. The third kappa shape index (κ3) is 4.03. The Morgan fingerprint density at radius 1 is 1.14 bits per heavy atom. The van der Waals surface area contributed by atoms with Crippen LogP contribution < -0.4 is 5.73 Å². The number of nitrogens with zero attached hydrogens (tertiary/aromatic N) is 1. The molecule has 2 aromatic carbocycles. The molecule has 3 nitrogen and oxygen atoms in total. The van der Waals surface area contributed by atoms with Gasteiger partial charge in [-0.05, 0) is 35.9 Å². The van der Waals surface area contributed by atoms with Crippen molar-refractivity contribution in [2.24, 2.45) is 5.73 Å². The Kier molecular flexibility index (Phi) is 5.74. The van der Waals surface area contributed by atoms with Crippen molar-refractivity contribution in [1.29, 1.82) is 0 Å². The molecule has 0 saturated carbocycles. The lowest BCUT2D eigenvalue weighted by atomic mass is 10.0. The van der Waals surface area contributed by atoms with Gasteiger partial charge in [0.2, 0.25) is 0 Å². The van der Waals surface area contributed by atoms with Gasteiger partial charge in [-0.1, -0.05) is 43.3 Å². The van der Waals surface area contributed by atoms with Crippen molar-refractivity contribution in [1.82, 2.24) is 4.90 Å². The smallest absolute Gasteiger partial charge is 0.0615 e. The first-order chi connectivity index (χ1) is 10.2. The van der Waals surface area contributed by atoms with E-state index < -0.39 is 0 Å². The summed E-state index contributed by atoms with van der Waals surface area (Å²) in [5.74, 6) is 0. The maximum Gasteiger partial charge on any atom is 0.0615 e. The molecule has 0 spiro atoms. The van der Waals surface area contributed by atoms with Crippen molar-refractivity contribution < 1.29 is 4.74 Å². The predicted octanol–water partition coefficient (Wildman–Crippen LogP) is 3.20. The number of methoxy groups -OCH3 is 1. The largest absolute Gasteiger partial charge is 0.383 e. The fourth-order valence-electron chi connectivity index (χ4n) is 2.76. The van der Waals surface area contributed by atoms with Gasteiger partial charge in [-0.3, -0.25) is 4.90 Å². The minimum atomic E-state index is 0.0221. The number of ether oxygens (including phenoxy) is 1. The summed E-state index contributed by atoms with van der Waals surface area (Å²) < 4.78 is 5.25. The molecule has 2 N–H and O–H groups in total. The number of hydrogen-bond acceptors (Lipinski definition) is 3. The molecular weight excluding hydrogens is 260 g/mol. The van der Waals surface area contributed by atoms with Gasteiger partial charge < -0.3 is 10.5 Å². The Morgan fingerprint density at radius 3 is 2.52 bits per heavy atom. The number of fused-ring (bicyclic) bond motifs is 1. The van der Waals surface area contributed by atoms with Gasteiger partial charge in [-0.25, -0.2) is 0 Å². The molecule has 2 aromatic rings. The molecule has 0 aliphatic carbocycles. The molecule has 3 heteroatoms. The molecule has 0 fully saturated rings. The Balaban J connectivity index is 2.11. The molecule has 0 aromatic heterocycles. The van der Waals surface area contributed by atoms with E-state index in [0.717, 1.165) is 19.7 Å². The molecule has 2 rings (SSSR count). The zero-order valence-corrected chi connectivity index (χ0v) is 13.3. The second-order valence-electron chi connectivity index (χ2n) is 5.61. The minimum Gasteiger partial charge on any atom is -0.383 e. The Bertz CT molecular complexity index is 570. The fraction of sp³-hybridized carbons (Fsp3) is 0.444. The van der Waals surface area contributed by atoms with E-state index >= 15 is 0 Å². The van der Waals surface area contributed by atoms with E-state index in [1.807, 2.05) is 0 Å². The topological polar surface area (TPSA) is 38.5 Å². The van der Waals surface area contributed by atoms with Crippen LogP contribution in [-0.4, -0.2) is 37.7 Å². The first-order valence-corrected chi connectivity index (χ1v) is 7.63. The molecule has 0 bridgehead atoms.